The molecule has 3 aromatic heterocycles. The molecule has 0 aromatic carbocycles. The van der Waals surface area contributed by atoms with Gasteiger partial charge in [-0.1, -0.05) is 11.6 Å². The Labute approximate surface area is 178 Å². The summed E-state index contributed by atoms with van der Waals surface area (Å²) in [4.78, 5) is 24.2. The van der Waals surface area contributed by atoms with E-state index < -0.39 is 6.09 Å². The number of halogens is 1. The van der Waals surface area contributed by atoms with Gasteiger partial charge < -0.3 is 20.2 Å². The van der Waals surface area contributed by atoms with Gasteiger partial charge in [-0.25, -0.2) is 4.79 Å². The maximum Gasteiger partial charge on any atom is 0.407 e. The Morgan fingerprint density at radius 1 is 1.43 bits per heavy atom. The number of aromatic nitrogens is 6. The number of amides is 1. The molecule has 1 aliphatic rings. The average Bonchev–Trinajstić information content (AvgIpc) is 3.33. The number of H-pyrrole nitrogens is 1. The van der Waals surface area contributed by atoms with Crippen molar-refractivity contribution in [3.63, 3.8) is 0 Å². The van der Waals surface area contributed by atoms with E-state index in [1.54, 1.807) is 10.9 Å². The van der Waals surface area contributed by atoms with Gasteiger partial charge in [-0.3, -0.25) is 9.78 Å². The molecule has 2 atom stereocenters. The van der Waals surface area contributed by atoms with Crippen LogP contribution >= 0.6 is 11.6 Å². The van der Waals surface area contributed by atoms with Crippen molar-refractivity contribution in [2.75, 3.05) is 23.8 Å². The third-order valence-corrected chi connectivity index (χ3v) is 5.83. The van der Waals surface area contributed by atoms with E-state index in [1.165, 1.54) is 4.90 Å². The number of aromatic amines is 1. The van der Waals surface area contributed by atoms with E-state index in [-0.39, 0.29) is 17.2 Å². The molecule has 4 heterocycles. The van der Waals surface area contributed by atoms with Crippen LogP contribution in [-0.2, 0) is 6.54 Å². The largest absolute Gasteiger partial charge is 0.465 e. The summed E-state index contributed by atoms with van der Waals surface area (Å²) in [6, 6.07) is -0.0560. The van der Waals surface area contributed by atoms with Crippen molar-refractivity contribution in [2.45, 2.75) is 45.3 Å². The van der Waals surface area contributed by atoms with Gasteiger partial charge in [-0.2, -0.15) is 20.2 Å². The predicted octanol–water partition coefficient (Wildman–Crippen LogP) is 2.93. The number of nitrogens with one attached hydrogen (secondary N) is 2. The zero-order valence-corrected chi connectivity index (χ0v) is 17.8. The average molecular weight is 434 g/mol. The highest BCUT2D eigenvalue weighted by molar-refractivity contribution is 6.35. The summed E-state index contributed by atoms with van der Waals surface area (Å²) in [5.41, 5.74) is 1.26. The molecule has 160 valence electrons. The second-order valence-corrected chi connectivity index (χ2v) is 7.80. The lowest BCUT2D eigenvalue weighted by Crippen LogP contribution is -2.52. The van der Waals surface area contributed by atoms with E-state index in [2.05, 4.69) is 30.6 Å². The molecule has 0 saturated carbocycles. The quantitative estimate of drug-likeness (QED) is 0.560. The van der Waals surface area contributed by atoms with Gasteiger partial charge in [-0.15, -0.1) is 0 Å². The molecule has 1 fully saturated rings. The number of hydrogen-bond acceptors (Lipinski definition) is 7. The van der Waals surface area contributed by atoms with Gasteiger partial charge in [0.15, 0.2) is 10.8 Å². The van der Waals surface area contributed by atoms with Crippen molar-refractivity contribution in [1.82, 2.24) is 34.8 Å². The standard InChI is InChI=1S/C18H24ClN9O2/c1-4-27-8-11(7-20-27)21-17-22-15-13(14(19)24-25-15)16(23-17)26(3)12-6-5-10(2)28(9-12)18(29)30/h7-8,10,12H,4-6,9H2,1-3H3,(H,29,30)(H2,21,22,23,24,25)/t10-,12+/m0/s1. The molecule has 12 heteroatoms. The number of anilines is 3. The Balaban J connectivity index is 1.68. The monoisotopic (exact) mass is 433 g/mol. The fraction of sp³-hybridized carbons (Fsp3) is 0.500. The van der Waals surface area contributed by atoms with Crippen molar-refractivity contribution >= 4 is 46.2 Å². The van der Waals surface area contributed by atoms with E-state index in [0.29, 0.717) is 29.3 Å². The Morgan fingerprint density at radius 3 is 2.93 bits per heavy atom. The van der Waals surface area contributed by atoms with Gasteiger partial charge in [0.25, 0.3) is 0 Å². The molecule has 0 bridgehead atoms. The number of carbonyl (C=O) groups is 1. The van der Waals surface area contributed by atoms with Crippen molar-refractivity contribution in [3.8, 4) is 0 Å². The highest BCUT2D eigenvalue weighted by Gasteiger charge is 2.32. The number of fused-ring (bicyclic) bond motifs is 1. The summed E-state index contributed by atoms with van der Waals surface area (Å²) < 4.78 is 1.80. The van der Waals surface area contributed by atoms with Crippen LogP contribution < -0.4 is 10.2 Å². The minimum Gasteiger partial charge on any atom is -0.465 e. The van der Waals surface area contributed by atoms with Crippen molar-refractivity contribution in [1.29, 1.82) is 0 Å². The van der Waals surface area contributed by atoms with Crippen LogP contribution in [0.2, 0.25) is 5.15 Å². The number of carboxylic acid groups (broad SMARTS) is 1. The number of rotatable bonds is 5. The first-order valence-electron chi connectivity index (χ1n) is 9.80. The second kappa shape index (κ2) is 7.98. The van der Waals surface area contributed by atoms with Gasteiger partial charge in [0.2, 0.25) is 5.95 Å². The summed E-state index contributed by atoms with van der Waals surface area (Å²) >= 11 is 6.31. The molecular formula is C18H24ClN9O2. The number of nitrogens with zero attached hydrogens (tertiary/aromatic N) is 7. The van der Waals surface area contributed by atoms with Crippen LogP contribution in [-0.4, -0.2) is 71.7 Å². The van der Waals surface area contributed by atoms with Crippen molar-refractivity contribution in [2.24, 2.45) is 0 Å². The number of piperidine rings is 1. The highest BCUT2D eigenvalue weighted by atomic mass is 35.5. The topological polar surface area (TPSA) is 128 Å². The second-order valence-electron chi connectivity index (χ2n) is 7.44. The third kappa shape index (κ3) is 3.72. The molecule has 4 rings (SSSR count). The van der Waals surface area contributed by atoms with Crippen molar-refractivity contribution in [3.05, 3.63) is 17.5 Å². The lowest BCUT2D eigenvalue weighted by molar-refractivity contribution is 0.105. The Kier molecular flexibility index (Phi) is 5.37. The van der Waals surface area contributed by atoms with Crippen LogP contribution in [0, 0.1) is 0 Å². The molecule has 0 spiro atoms. The van der Waals surface area contributed by atoms with Gasteiger partial charge in [0.05, 0.1) is 11.9 Å². The predicted molar refractivity (Wildman–Crippen MR) is 113 cm³/mol. The van der Waals surface area contributed by atoms with E-state index in [4.69, 9.17) is 11.6 Å². The first-order chi connectivity index (χ1) is 14.4. The maximum atomic E-state index is 11.6. The highest BCUT2D eigenvalue weighted by Crippen LogP contribution is 2.33. The fourth-order valence-electron chi connectivity index (χ4n) is 3.76. The summed E-state index contributed by atoms with van der Waals surface area (Å²) in [6.45, 7) is 5.08. The summed E-state index contributed by atoms with van der Waals surface area (Å²) in [6.07, 6.45) is 4.27. The van der Waals surface area contributed by atoms with Crippen LogP contribution in [0.15, 0.2) is 12.4 Å². The number of hydrogen-bond donors (Lipinski definition) is 3. The molecule has 0 radical (unpaired) electrons. The van der Waals surface area contributed by atoms with Gasteiger partial charge in [0.1, 0.15) is 11.2 Å². The summed E-state index contributed by atoms with van der Waals surface area (Å²) in [7, 11) is 1.89. The molecule has 3 aromatic rings. The van der Waals surface area contributed by atoms with Gasteiger partial charge in [0, 0.05) is 38.4 Å². The first-order valence-corrected chi connectivity index (χ1v) is 10.2. The molecular weight excluding hydrogens is 410 g/mol. The van der Waals surface area contributed by atoms with Gasteiger partial charge in [-0.05, 0) is 26.7 Å². The molecule has 1 aliphatic heterocycles. The van der Waals surface area contributed by atoms with Crippen molar-refractivity contribution < 1.29 is 9.90 Å². The number of likely N-dealkylation sites (tertiary alicyclic amines) is 1. The smallest absolute Gasteiger partial charge is 0.407 e. The molecule has 3 N–H and O–H groups in total. The number of aryl methyl sites for hydroxylation is 1. The molecule has 1 amide bonds. The summed E-state index contributed by atoms with van der Waals surface area (Å²) in [5, 5.41) is 24.7. The lowest BCUT2D eigenvalue weighted by Gasteiger charge is -2.40. The SMILES string of the molecule is CCn1cc(Nc2nc(N(C)[C@@H]3CC[C@H](C)N(C(=O)O)C3)c3c(Cl)n[nH]c3n2)cn1. The minimum atomic E-state index is -0.912. The lowest BCUT2D eigenvalue weighted by atomic mass is 9.99. The van der Waals surface area contributed by atoms with Crippen LogP contribution in [0.1, 0.15) is 26.7 Å². The molecule has 0 unspecified atom stereocenters. The van der Waals surface area contributed by atoms with Crippen LogP contribution in [0.25, 0.3) is 11.0 Å². The normalized spacial score (nSPS) is 19.3. The molecule has 30 heavy (non-hydrogen) atoms. The Morgan fingerprint density at radius 2 is 2.23 bits per heavy atom. The van der Waals surface area contributed by atoms with Crippen LogP contribution in [0.5, 0.6) is 0 Å². The summed E-state index contributed by atoms with van der Waals surface area (Å²) in [5.74, 6) is 0.966. The zero-order chi connectivity index (χ0) is 21.4. The fourth-order valence-corrected chi connectivity index (χ4v) is 3.98. The zero-order valence-electron chi connectivity index (χ0n) is 17.0. The minimum absolute atomic E-state index is 0.0117. The Bertz CT molecular complexity index is 1070. The number of likely N-dealkylation sites (N-methyl/N-ethyl adjacent to an activating group) is 1. The van der Waals surface area contributed by atoms with E-state index in [0.717, 1.165) is 25.1 Å². The molecule has 0 aliphatic carbocycles. The molecule has 1 saturated heterocycles. The van der Waals surface area contributed by atoms with E-state index in [1.807, 2.05) is 32.0 Å². The third-order valence-electron chi connectivity index (χ3n) is 5.55. The van der Waals surface area contributed by atoms with E-state index >= 15 is 0 Å². The van der Waals surface area contributed by atoms with Crippen LogP contribution in [0.4, 0.5) is 22.2 Å². The van der Waals surface area contributed by atoms with Gasteiger partial charge >= 0.3 is 6.09 Å². The molecule has 11 nitrogen and oxygen atoms in total. The van der Waals surface area contributed by atoms with E-state index in [9.17, 15) is 9.90 Å². The maximum absolute atomic E-state index is 11.6. The Hall–Kier alpha value is -3.08. The van der Waals surface area contributed by atoms with Crippen LogP contribution in [0.3, 0.4) is 0 Å². The first kappa shape index (κ1) is 20.2.